The minimum atomic E-state index is -0.743. The van der Waals surface area contributed by atoms with Crippen molar-refractivity contribution < 1.29 is 14.5 Å². The first kappa shape index (κ1) is 11.3. The van der Waals surface area contributed by atoms with Crippen molar-refractivity contribution in [2.24, 2.45) is 0 Å². The van der Waals surface area contributed by atoms with Crippen LogP contribution in [0.5, 0.6) is 0 Å². The van der Waals surface area contributed by atoms with Gasteiger partial charge in [-0.3, -0.25) is 10.1 Å². The summed E-state index contributed by atoms with van der Waals surface area (Å²) in [6.45, 7) is 0. The number of esters is 1. The quantitative estimate of drug-likeness (QED) is 0.360. The molecule has 0 amide bonds. The maximum atomic E-state index is 11.2. The number of nitrogens with zero attached hydrogens (tertiary/aromatic N) is 1. The van der Waals surface area contributed by atoms with Crippen molar-refractivity contribution in [3.8, 4) is 0 Å². The van der Waals surface area contributed by atoms with E-state index in [4.69, 9.17) is 17.3 Å². The summed E-state index contributed by atoms with van der Waals surface area (Å²) in [6.07, 6.45) is 0. The van der Waals surface area contributed by atoms with Crippen molar-refractivity contribution in [2.45, 2.75) is 0 Å². The van der Waals surface area contributed by atoms with Gasteiger partial charge in [0.05, 0.1) is 17.6 Å². The molecule has 0 saturated carbocycles. The van der Waals surface area contributed by atoms with Crippen LogP contribution in [0.4, 0.5) is 11.4 Å². The molecule has 7 heteroatoms. The molecule has 6 nitrogen and oxygen atoms in total. The van der Waals surface area contributed by atoms with Gasteiger partial charge in [-0.25, -0.2) is 4.79 Å². The molecule has 1 rings (SSSR count). The van der Waals surface area contributed by atoms with Gasteiger partial charge in [0.25, 0.3) is 5.69 Å². The van der Waals surface area contributed by atoms with E-state index in [1.165, 1.54) is 0 Å². The van der Waals surface area contributed by atoms with Gasteiger partial charge in [0, 0.05) is 11.8 Å². The normalized spacial score (nSPS) is 9.73. The summed E-state index contributed by atoms with van der Waals surface area (Å²) in [5.74, 6) is -0.743. The Balaban J connectivity index is 3.36. The van der Waals surface area contributed by atoms with Crippen LogP contribution in [0.2, 0.25) is 5.02 Å². The van der Waals surface area contributed by atoms with Crippen molar-refractivity contribution in [3.05, 3.63) is 32.8 Å². The number of rotatable bonds is 2. The largest absolute Gasteiger partial charge is 0.465 e. The molecule has 0 heterocycles. The van der Waals surface area contributed by atoms with Gasteiger partial charge in [-0.2, -0.15) is 0 Å². The Morgan fingerprint density at radius 1 is 1.60 bits per heavy atom. The predicted octanol–water partition coefficient (Wildman–Crippen LogP) is 1.62. The first-order chi connectivity index (χ1) is 6.97. The van der Waals surface area contributed by atoms with Gasteiger partial charge in [0.15, 0.2) is 0 Å². The fraction of sp³-hybridized carbons (Fsp3) is 0.125. The lowest BCUT2D eigenvalue weighted by Crippen LogP contribution is -2.06. The zero-order valence-electron chi connectivity index (χ0n) is 7.69. The summed E-state index contributed by atoms with van der Waals surface area (Å²) >= 11 is 5.57. The molecule has 15 heavy (non-hydrogen) atoms. The second kappa shape index (κ2) is 4.14. The second-order valence-electron chi connectivity index (χ2n) is 2.64. The van der Waals surface area contributed by atoms with E-state index >= 15 is 0 Å². The molecular formula is C8H7ClN2O4. The summed E-state index contributed by atoms with van der Waals surface area (Å²) in [5.41, 5.74) is 5.04. The highest BCUT2D eigenvalue weighted by Crippen LogP contribution is 2.29. The number of ether oxygens (including phenoxy) is 1. The van der Waals surface area contributed by atoms with Crippen molar-refractivity contribution in [1.29, 1.82) is 0 Å². The Labute approximate surface area is 89.7 Å². The monoisotopic (exact) mass is 230 g/mol. The van der Waals surface area contributed by atoms with E-state index < -0.39 is 10.9 Å². The van der Waals surface area contributed by atoms with Crippen LogP contribution in [-0.2, 0) is 4.74 Å². The zero-order valence-corrected chi connectivity index (χ0v) is 8.45. The van der Waals surface area contributed by atoms with E-state index in [0.717, 1.165) is 19.2 Å². The average Bonchev–Trinajstić information content (AvgIpc) is 2.16. The maximum absolute atomic E-state index is 11.2. The van der Waals surface area contributed by atoms with Crippen LogP contribution in [0, 0.1) is 10.1 Å². The Bertz CT molecular complexity index is 433. The molecule has 0 unspecified atom stereocenters. The number of nitrogen functional groups attached to an aromatic ring is 1. The number of methoxy groups -OCH3 is 1. The number of nitro benzene ring substituents is 1. The topological polar surface area (TPSA) is 95.5 Å². The molecule has 0 atom stereocenters. The number of hydrogen-bond acceptors (Lipinski definition) is 5. The molecule has 0 aliphatic rings. The molecule has 2 N–H and O–H groups in total. The lowest BCUT2D eigenvalue weighted by atomic mass is 10.1. The van der Waals surface area contributed by atoms with Crippen LogP contribution in [0.15, 0.2) is 12.1 Å². The number of nitrogens with two attached hydrogens (primary N) is 1. The molecule has 0 aliphatic heterocycles. The molecule has 0 spiro atoms. The highest BCUT2D eigenvalue weighted by atomic mass is 35.5. The van der Waals surface area contributed by atoms with Crippen LogP contribution < -0.4 is 5.73 Å². The predicted molar refractivity (Wildman–Crippen MR) is 53.9 cm³/mol. The van der Waals surface area contributed by atoms with Crippen molar-refractivity contribution in [3.63, 3.8) is 0 Å². The summed E-state index contributed by atoms with van der Waals surface area (Å²) in [4.78, 5) is 21.0. The van der Waals surface area contributed by atoms with E-state index in [2.05, 4.69) is 4.74 Å². The smallest absolute Gasteiger partial charge is 0.340 e. The molecule has 0 bridgehead atoms. The Hall–Kier alpha value is -1.82. The number of anilines is 1. The van der Waals surface area contributed by atoms with Crippen molar-refractivity contribution in [1.82, 2.24) is 0 Å². The maximum Gasteiger partial charge on any atom is 0.340 e. The molecular weight excluding hydrogens is 224 g/mol. The Morgan fingerprint density at radius 2 is 2.20 bits per heavy atom. The highest BCUT2D eigenvalue weighted by Gasteiger charge is 2.19. The lowest BCUT2D eigenvalue weighted by molar-refractivity contribution is -0.384. The molecule has 0 saturated heterocycles. The number of nitro groups is 1. The Morgan fingerprint density at radius 3 is 2.67 bits per heavy atom. The molecule has 0 radical (unpaired) electrons. The van der Waals surface area contributed by atoms with Crippen LogP contribution in [-0.4, -0.2) is 18.0 Å². The number of carbonyl (C=O) groups is 1. The van der Waals surface area contributed by atoms with Gasteiger partial charge in [-0.05, 0) is 6.07 Å². The average molecular weight is 231 g/mol. The van der Waals surface area contributed by atoms with Crippen LogP contribution in [0.1, 0.15) is 10.4 Å². The second-order valence-corrected chi connectivity index (χ2v) is 3.05. The third-order valence-electron chi connectivity index (χ3n) is 1.72. The van der Waals surface area contributed by atoms with Crippen LogP contribution in [0.3, 0.4) is 0 Å². The van der Waals surface area contributed by atoms with E-state index in [1.54, 1.807) is 0 Å². The van der Waals surface area contributed by atoms with Gasteiger partial charge in [0.2, 0.25) is 0 Å². The molecule has 1 aromatic rings. The number of benzene rings is 1. The first-order valence-electron chi connectivity index (χ1n) is 3.79. The van der Waals surface area contributed by atoms with Crippen LogP contribution in [0.25, 0.3) is 0 Å². The number of halogens is 1. The molecule has 0 fully saturated rings. The molecule has 0 aromatic heterocycles. The third kappa shape index (κ3) is 2.16. The van der Waals surface area contributed by atoms with E-state index in [-0.39, 0.29) is 22.0 Å². The van der Waals surface area contributed by atoms with E-state index in [0.29, 0.717) is 0 Å². The molecule has 0 aliphatic carbocycles. The summed E-state index contributed by atoms with van der Waals surface area (Å²) in [6, 6.07) is 2.13. The molecule has 1 aromatic carbocycles. The van der Waals surface area contributed by atoms with Gasteiger partial charge >= 0.3 is 5.97 Å². The Kier molecular flexibility index (Phi) is 3.11. The summed E-state index contributed by atoms with van der Waals surface area (Å²) in [7, 11) is 1.15. The SMILES string of the molecule is COC(=O)c1cc([N+](=O)[O-])c(Cl)cc1N. The fourth-order valence-corrected chi connectivity index (χ4v) is 1.24. The minimum absolute atomic E-state index is 0.0393. The number of carbonyl (C=O) groups excluding carboxylic acids is 1. The lowest BCUT2D eigenvalue weighted by Gasteiger charge is -2.04. The fourth-order valence-electron chi connectivity index (χ4n) is 1.00. The van der Waals surface area contributed by atoms with Crippen molar-refractivity contribution >= 4 is 28.9 Å². The van der Waals surface area contributed by atoms with Gasteiger partial charge in [-0.15, -0.1) is 0 Å². The standard InChI is InChI=1S/C8H7ClN2O4/c1-15-8(12)4-2-7(11(13)14)5(9)3-6(4)10/h2-3H,10H2,1H3. The summed E-state index contributed by atoms with van der Waals surface area (Å²) < 4.78 is 4.41. The first-order valence-corrected chi connectivity index (χ1v) is 4.17. The third-order valence-corrected chi connectivity index (χ3v) is 2.02. The number of hydrogen-bond donors (Lipinski definition) is 1. The zero-order chi connectivity index (χ0) is 11.6. The van der Waals surface area contributed by atoms with Gasteiger partial charge < -0.3 is 10.5 Å². The van der Waals surface area contributed by atoms with E-state index in [1.807, 2.05) is 0 Å². The van der Waals surface area contributed by atoms with Gasteiger partial charge in [-0.1, -0.05) is 11.6 Å². The van der Waals surface area contributed by atoms with Crippen LogP contribution >= 0.6 is 11.6 Å². The molecule has 80 valence electrons. The minimum Gasteiger partial charge on any atom is -0.465 e. The highest BCUT2D eigenvalue weighted by molar-refractivity contribution is 6.33. The van der Waals surface area contributed by atoms with Crippen molar-refractivity contribution in [2.75, 3.05) is 12.8 Å². The summed E-state index contributed by atoms with van der Waals surface area (Å²) in [5, 5.41) is 10.4. The van der Waals surface area contributed by atoms with E-state index in [9.17, 15) is 14.9 Å². The van der Waals surface area contributed by atoms with Gasteiger partial charge in [0.1, 0.15) is 5.02 Å².